The Labute approximate surface area is 71.8 Å². The summed E-state index contributed by atoms with van der Waals surface area (Å²) in [6.45, 7) is 4.09. The third kappa shape index (κ3) is 1.18. The molecule has 1 aliphatic rings. The molecule has 0 aliphatic carbocycles. The quantitative estimate of drug-likeness (QED) is 0.626. The van der Waals surface area contributed by atoms with E-state index in [9.17, 15) is 0 Å². The number of nitrogens with two attached hydrogens (primary N) is 1. The maximum atomic E-state index is 5.89. The van der Waals surface area contributed by atoms with Gasteiger partial charge in [-0.2, -0.15) is 0 Å². The number of aromatic amines is 1. The zero-order valence-corrected chi connectivity index (χ0v) is 7.20. The van der Waals surface area contributed by atoms with Crippen molar-refractivity contribution in [2.24, 2.45) is 11.7 Å². The number of nitrogens with one attached hydrogen (secondary N) is 1. The van der Waals surface area contributed by atoms with Crippen LogP contribution in [0.1, 0.15) is 6.92 Å². The molecule has 3 N–H and O–H groups in total. The van der Waals surface area contributed by atoms with Crippen LogP contribution in [0.2, 0.25) is 0 Å². The second-order valence-electron chi connectivity index (χ2n) is 3.46. The van der Waals surface area contributed by atoms with Crippen molar-refractivity contribution in [2.75, 3.05) is 18.0 Å². The third-order valence-electron chi connectivity index (χ3n) is 2.45. The zero-order chi connectivity index (χ0) is 8.55. The smallest absolute Gasteiger partial charge is 0.202 e. The van der Waals surface area contributed by atoms with Crippen LogP contribution < -0.4 is 10.6 Å². The third-order valence-corrected chi connectivity index (χ3v) is 2.45. The molecule has 0 radical (unpaired) electrons. The van der Waals surface area contributed by atoms with E-state index in [1.165, 1.54) is 0 Å². The summed E-state index contributed by atoms with van der Waals surface area (Å²) in [7, 11) is 0. The molecular formula is C8H14N4. The van der Waals surface area contributed by atoms with E-state index in [4.69, 9.17) is 5.73 Å². The number of hydrogen-bond acceptors (Lipinski definition) is 3. The first-order valence-electron chi connectivity index (χ1n) is 4.27. The topological polar surface area (TPSA) is 57.9 Å². The second-order valence-corrected chi connectivity index (χ2v) is 3.46. The van der Waals surface area contributed by atoms with E-state index < -0.39 is 0 Å². The van der Waals surface area contributed by atoms with Crippen LogP contribution in [-0.4, -0.2) is 29.1 Å². The van der Waals surface area contributed by atoms with Gasteiger partial charge in [0.2, 0.25) is 5.95 Å². The van der Waals surface area contributed by atoms with Gasteiger partial charge in [0, 0.05) is 31.5 Å². The Balaban J connectivity index is 2.09. The Bertz CT molecular complexity index is 234. The number of H-pyrrole nitrogens is 1. The summed E-state index contributed by atoms with van der Waals surface area (Å²) >= 11 is 0. The predicted octanol–water partition coefficient (Wildman–Crippen LogP) is 0.193. The van der Waals surface area contributed by atoms with Crippen LogP contribution in [0.15, 0.2) is 12.4 Å². The standard InChI is InChI=1S/C8H14N4/c1-6-4-12(5-7(6)9)8-10-2-3-11-8/h2-3,6-7H,4-5,9H2,1H3,(H,10,11). The fourth-order valence-electron chi connectivity index (χ4n) is 1.59. The van der Waals surface area contributed by atoms with Crippen LogP contribution in [0.25, 0.3) is 0 Å². The van der Waals surface area contributed by atoms with Crippen molar-refractivity contribution >= 4 is 5.95 Å². The van der Waals surface area contributed by atoms with E-state index in [2.05, 4.69) is 21.8 Å². The van der Waals surface area contributed by atoms with Gasteiger partial charge in [0.05, 0.1) is 0 Å². The molecule has 0 bridgehead atoms. The molecule has 1 aromatic heterocycles. The van der Waals surface area contributed by atoms with Gasteiger partial charge in [0.25, 0.3) is 0 Å². The van der Waals surface area contributed by atoms with Crippen LogP contribution in [-0.2, 0) is 0 Å². The average molecular weight is 166 g/mol. The minimum absolute atomic E-state index is 0.287. The van der Waals surface area contributed by atoms with E-state index in [0.717, 1.165) is 19.0 Å². The fourth-order valence-corrected chi connectivity index (χ4v) is 1.59. The lowest BCUT2D eigenvalue weighted by atomic mass is 10.1. The molecular weight excluding hydrogens is 152 g/mol. The highest BCUT2D eigenvalue weighted by Gasteiger charge is 2.27. The number of rotatable bonds is 1. The molecule has 0 saturated carbocycles. The molecule has 0 aromatic carbocycles. The molecule has 1 fully saturated rings. The van der Waals surface area contributed by atoms with Crippen LogP contribution in [0.5, 0.6) is 0 Å². The molecule has 4 nitrogen and oxygen atoms in total. The minimum Gasteiger partial charge on any atom is -0.341 e. The lowest BCUT2D eigenvalue weighted by Gasteiger charge is -2.13. The van der Waals surface area contributed by atoms with Crippen molar-refractivity contribution in [3.05, 3.63) is 12.4 Å². The zero-order valence-electron chi connectivity index (χ0n) is 7.20. The van der Waals surface area contributed by atoms with E-state index in [-0.39, 0.29) is 6.04 Å². The van der Waals surface area contributed by atoms with Crippen molar-refractivity contribution in [1.82, 2.24) is 9.97 Å². The Morgan fingerprint density at radius 1 is 1.67 bits per heavy atom. The van der Waals surface area contributed by atoms with E-state index in [1.807, 2.05) is 6.20 Å². The van der Waals surface area contributed by atoms with Gasteiger partial charge in [-0.3, -0.25) is 0 Å². The molecule has 2 atom stereocenters. The van der Waals surface area contributed by atoms with Crippen molar-refractivity contribution < 1.29 is 0 Å². The van der Waals surface area contributed by atoms with Gasteiger partial charge < -0.3 is 15.6 Å². The van der Waals surface area contributed by atoms with Gasteiger partial charge in [-0.05, 0) is 5.92 Å². The average Bonchev–Trinajstić information content (AvgIpc) is 2.61. The number of hydrogen-bond donors (Lipinski definition) is 2. The number of nitrogens with zero attached hydrogens (tertiary/aromatic N) is 2. The lowest BCUT2D eigenvalue weighted by molar-refractivity contribution is 0.566. The molecule has 1 saturated heterocycles. The Morgan fingerprint density at radius 3 is 3.00 bits per heavy atom. The lowest BCUT2D eigenvalue weighted by Crippen LogP contribution is -2.28. The molecule has 1 aromatic rings. The Morgan fingerprint density at radius 2 is 2.50 bits per heavy atom. The summed E-state index contributed by atoms with van der Waals surface area (Å²) in [5, 5.41) is 0. The number of imidazole rings is 1. The van der Waals surface area contributed by atoms with Gasteiger partial charge in [-0.25, -0.2) is 4.98 Å². The molecule has 2 heterocycles. The van der Waals surface area contributed by atoms with E-state index in [0.29, 0.717) is 5.92 Å². The van der Waals surface area contributed by atoms with E-state index >= 15 is 0 Å². The van der Waals surface area contributed by atoms with Gasteiger partial charge >= 0.3 is 0 Å². The van der Waals surface area contributed by atoms with Crippen molar-refractivity contribution in [1.29, 1.82) is 0 Å². The Hall–Kier alpha value is -1.03. The molecule has 12 heavy (non-hydrogen) atoms. The fraction of sp³-hybridized carbons (Fsp3) is 0.625. The van der Waals surface area contributed by atoms with Crippen LogP contribution in [0.3, 0.4) is 0 Å². The van der Waals surface area contributed by atoms with Crippen molar-refractivity contribution in [3.63, 3.8) is 0 Å². The highest BCUT2D eigenvalue weighted by Crippen LogP contribution is 2.18. The summed E-state index contributed by atoms with van der Waals surface area (Å²) in [6.07, 6.45) is 3.60. The maximum Gasteiger partial charge on any atom is 0.202 e. The van der Waals surface area contributed by atoms with Gasteiger partial charge in [-0.1, -0.05) is 6.92 Å². The van der Waals surface area contributed by atoms with Crippen LogP contribution in [0.4, 0.5) is 5.95 Å². The minimum atomic E-state index is 0.287. The summed E-state index contributed by atoms with van der Waals surface area (Å²) in [5.74, 6) is 1.50. The summed E-state index contributed by atoms with van der Waals surface area (Å²) in [6, 6.07) is 0.287. The van der Waals surface area contributed by atoms with Crippen molar-refractivity contribution in [2.45, 2.75) is 13.0 Å². The number of aromatic nitrogens is 2. The molecule has 0 spiro atoms. The first-order valence-corrected chi connectivity index (χ1v) is 4.27. The maximum absolute atomic E-state index is 5.89. The molecule has 4 heteroatoms. The van der Waals surface area contributed by atoms with Gasteiger partial charge in [0.15, 0.2) is 0 Å². The largest absolute Gasteiger partial charge is 0.341 e. The predicted molar refractivity (Wildman–Crippen MR) is 47.9 cm³/mol. The first kappa shape index (κ1) is 7.61. The molecule has 2 rings (SSSR count). The summed E-state index contributed by atoms with van der Waals surface area (Å²) < 4.78 is 0. The molecule has 2 unspecified atom stereocenters. The summed E-state index contributed by atoms with van der Waals surface area (Å²) in [4.78, 5) is 9.45. The van der Waals surface area contributed by atoms with Crippen LogP contribution >= 0.6 is 0 Å². The monoisotopic (exact) mass is 166 g/mol. The second kappa shape index (κ2) is 2.79. The highest BCUT2D eigenvalue weighted by molar-refractivity contribution is 5.31. The molecule has 66 valence electrons. The number of anilines is 1. The Kier molecular flexibility index (Phi) is 1.77. The summed E-state index contributed by atoms with van der Waals surface area (Å²) in [5.41, 5.74) is 5.89. The highest BCUT2D eigenvalue weighted by atomic mass is 15.3. The van der Waals surface area contributed by atoms with Crippen molar-refractivity contribution in [3.8, 4) is 0 Å². The molecule has 0 amide bonds. The normalized spacial score (nSPS) is 29.7. The first-order chi connectivity index (χ1) is 5.77. The SMILES string of the molecule is CC1CN(c2ncc[nH]2)CC1N. The van der Waals surface area contributed by atoms with Crippen LogP contribution in [0, 0.1) is 5.92 Å². The van der Waals surface area contributed by atoms with Gasteiger partial charge in [0.1, 0.15) is 0 Å². The van der Waals surface area contributed by atoms with Gasteiger partial charge in [-0.15, -0.1) is 0 Å². The molecule has 1 aliphatic heterocycles. The van der Waals surface area contributed by atoms with E-state index in [1.54, 1.807) is 6.20 Å².